The lowest BCUT2D eigenvalue weighted by molar-refractivity contribution is 0.559. The molecule has 50 valence electrons. The van der Waals surface area contributed by atoms with Gasteiger partial charge in [-0.3, -0.25) is 0 Å². The highest BCUT2D eigenvalue weighted by molar-refractivity contribution is 6.28. The highest BCUT2D eigenvalue weighted by Crippen LogP contribution is 2.13. The maximum atomic E-state index is 8.12. The van der Waals surface area contributed by atoms with Gasteiger partial charge >= 0.3 is 0 Å². The van der Waals surface area contributed by atoms with Gasteiger partial charge in [0.15, 0.2) is 5.22 Å². The SMILES string of the molecule is N#CC=Cc1ccc(Cl)o1. The van der Waals surface area contributed by atoms with E-state index in [1.807, 2.05) is 6.07 Å². The molecule has 0 aromatic carbocycles. The molecule has 2 nitrogen and oxygen atoms in total. The first-order chi connectivity index (χ1) is 4.83. The van der Waals surface area contributed by atoms with E-state index in [-0.39, 0.29) is 0 Å². The first-order valence-corrected chi connectivity index (χ1v) is 3.02. The lowest BCUT2D eigenvalue weighted by Crippen LogP contribution is -1.56. The Balaban J connectivity index is 2.78. The third-order valence-electron chi connectivity index (χ3n) is 0.916. The summed E-state index contributed by atoms with van der Waals surface area (Å²) < 4.78 is 4.91. The molecule has 0 aliphatic rings. The van der Waals surface area contributed by atoms with Crippen LogP contribution in [-0.4, -0.2) is 0 Å². The van der Waals surface area contributed by atoms with E-state index in [0.29, 0.717) is 11.0 Å². The molecule has 0 fully saturated rings. The summed E-state index contributed by atoms with van der Waals surface area (Å²) >= 11 is 5.46. The van der Waals surface area contributed by atoms with Gasteiger partial charge in [0.1, 0.15) is 5.76 Å². The van der Waals surface area contributed by atoms with Crippen molar-refractivity contribution in [1.82, 2.24) is 0 Å². The molecule has 0 N–H and O–H groups in total. The van der Waals surface area contributed by atoms with Crippen molar-refractivity contribution in [3.8, 4) is 6.07 Å². The van der Waals surface area contributed by atoms with Gasteiger partial charge in [0.2, 0.25) is 0 Å². The zero-order valence-electron chi connectivity index (χ0n) is 5.04. The number of rotatable bonds is 1. The van der Waals surface area contributed by atoms with E-state index in [0.717, 1.165) is 0 Å². The molecule has 1 aromatic heterocycles. The molecule has 0 saturated carbocycles. The predicted molar refractivity (Wildman–Crippen MR) is 38.4 cm³/mol. The third-order valence-corrected chi connectivity index (χ3v) is 1.12. The summed E-state index contributed by atoms with van der Waals surface area (Å²) in [5.74, 6) is 0.589. The monoisotopic (exact) mass is 153 g/mol. The topological polar surface area (TPSA) is 36.9 Å². The van der Waals surface area contributed by atoms with E-state index in [9.17, 15) is 0 Å². The molecule has 0 saturated heterocycles. The normalized spacial score (nSPS) is 10.0. The average Bonchev–Trinajstić information content (AvgIpc) is 2.31. The van der Waals surface area contributed by atoms with Crippen LogP contribution in [0.15, 0.2) is 22.6 Å². The fourth-order valence-corrected chi connectivity index (χ4v) is 0.689. The molecule has 1 rings (SSSR count). The van der Waals surface area contributed by atoms with Crippen molar-refractivity contribution in [3.63, 3.8) is 0 Å². The highest BCUT2D eigenvalue weighted by Gasteiger charge is 1.92. The number of halogens is 1. The van der Waals surface area contributed by atoms with Crippen LogP contribution in [0.3, 0.4) is 0 Å². The molecule has 0 amide bonds. The molecule has 1 heterocycles. The Morgan fingerprint density at radius 1 is 1.60 bits per heavy atom. The van der Waals surface area contributed by atoms with Crippen molar-refractivity contribution >= 4 is 17.7 Å². The molecular weight excluding hydrogens is 150 g/mol. The number of nitriles is 1. The fourth-order valence-electron chi connectivity index (χ4n) is 0.537. The molecular formula is C7H4ClNO. The van der Waals surface area contributed by atoms with Gasteiger partial charge < -0.3 is 4.42 Å². The van der Waals surface area contributed by atoms with Crippen LogP contribution in [0.5, 0.6) is 0 Å². The minimum atomic E-state index is 0.331. The Labute approximate surface area is 63.3 Å². The second-order valence-electron chi connectivity index (χ2n) is 1.60. The smallest absolute Gasteiger partial charge is 0.193 e. The van der Waals surface area contributed by atoms with Crippen molar-refractivity contribution in [3.05, 3.63) is 29.2 Å². The van der Waals surface area contributed by atoms with E-state index >= 15 is 0 Å². The Morgan fingerprint density at radius 3 is 2.90 bits per heavy atom. The maximum absolute atomic E-state index is 8.12. The largest absolute Gasteiger partial charge is 0.445 e. The van der Waals surface area contributed by atoms with E-state index in [4.69, 9.17) is 21.3 Å². The van der Waals surface area contributed by atoms with E-state index in [2.05, 4.69) is 0 Å². The zero-order chi connectivity index (χ0) is 7.40. The van der Waals surface area contributed by atoms with Gasteiger partial charge in [-0.25, -0.2) is 0 Å². The second kappa shape index (κ2) is 3.09. The van der Waals surface area contributed by atoms with Gasteiger partial charge in [0.25, 0.3) is 0 Å². The Morgan fingerprint density at radius 2 is 2.40 bits per heavy atom. The summed E-state index contributed by atoms with van der Waals surface area (Å²) in [6, 6.07) is 5.16. The number of nitrogens with zero attached hydrogens (tertiary/aromatic N) is 1. The van der Waals surface area contributed by atoms with Gasteiger partial charge in [0.05, 0.1) is 6.07 Å². The molecule has 0 bridgehead atoms. The van der Waals surface area contributed by atoms with Crippen LogP contribution in [0, 0.1) is 11.3 Å². The fraction of sp³-hybridized carbons (Fsp3) is 0. The molecule has 3 heteroatoms. The summed E-state index contributed by atoms with van der Waals surface area (Å²) in [4.78, 5) is 0. The molecule has 0 unspecified atom stereocenters. The predicted octanol–water partition coefficient (Wildman–Crippen LogP) is 2.47. The first kappa shape index (κ1) is 6.91. The summed E-state index contributed by atoms with van der Waals surface area (Å²) in [7, 11) is 0. The molecule has 0 spiro atoms. The van der Waals surface area contributed by atoms with Gasteiger partial charge in [-0.1, -0.05) is 0 Å². The standard InChI is InChI=1S/C7H4ClNO/c8-7-4-3-6(10-7)2-1-5-9/h1-4H. The van der Waals surface area contributed by atoms with Crippen LogP contribution in [0.25, 0.3) is 6.08 Å². The summed E-state index contributed by atoms with van der Waals surface area (Å²) in [6.45, 7) is 0. The van der Waals surface area contributed by atoms with Crippen molar-refractivity contribution in [1.29, 1.82) is 5.26 Å². The van der Waals surface area contributed by atoms with E-state index < -0.39 is 0 Å². The Kier molecular flexibility index (Phi) is 2.14. The number of furan rings is 1. The lowest BCUT2D eigenvalue weighted by atomic mass is 10.4. The Bertz CT molecular complexity index is 282. The van der Waals surface area contributed by atoms with Gasteiger partial charge in [-0.15, -0.1) is 0 Å². The molecule has 0 atom stereocenters. The van der Waals surface area contributed by atoms with Crippen LogP contribution < -0.4 is 0 Å². The van der Waals surface area contributed by atoms with Gasteiger partial charge in [0, 0.05) is 6.08 Å². The quantitative estimate of drug-likeness (QED) is 0.582. The van der Waals surface area contributed by atoms with Crippen LogP contribution in [0.1, 0.15) is 5.76 Å². The molecule has 1 aromatic rings. The summed E-state index contributed by atoms with van der Waals surface area (Å²) in [5, 5.41) is 8.45. The number of hydrogen-bond donors (Lipinski definition) is 0. The number of allylic oxidation sites excluding steroid dienone is 1. The number of hydrogen-bond acceptors (Lipinski definition) is 2. The Hall–Kier alpha value is -1.20. The van der Waals surface area contributed by atoms with Gasteiger partial charge in [-0.05, 0) is 29.8 Å². The highest BCUT2D eigenvalue weighted by atomic mass is 35.5. The molecule has 0 aliphatic heterocycles. The van der Waals surface area contributed by atoms with Crippen LogP contribution in [0.4, 0.5) is 0 Å². The third kappa shape index (κ3) is 1.64. The van der Waals surface area contributed by atoms with Crippen molar-refractivity contribution in [2.24, 2.45) is 0 Å². The molecule has 10 heavy (non-hydrogen) atoms. The van der Waals surface area contributed by atoms with Crippen LogP contribution in [-0.2, 0) is 0 Å². The molecule has 0 aliphatic carbocycles. The van der Waals surface area contributed by atoms with E-state index in [1.165, 1.54) is 6.08 Å². The van der Waals surface area contributed by atoms with Crippen molar-refractivity contribution < 1.29 is 4.42 Å². The van der Waals surface area contributed by atoms with Crippen molar-refractivity contribution in [2.45, 2.75) is 0 Å². The molecule has 0 radical (unpaired) electrons. The second-order valence-corrected chi connectivity index (χ2v) is 1.98. The van der Waals surface area contributed by atoms with Crippen LogP contribution in [0.2, 0.25) is 5.22 Å². The summed E-state index contributed by atoms with van der Waals surface area (Å²) in [5.41, 5.74) is 0. The first-order valence-electron chi connectivity index (χ1n) is 2.64. The van der Waals surface area contributed by atoms with Crippen LogP contribution >= 0.6 is 11.6 Å². The van der Waals surface area contributed by atoms with E-state index in [1.54, 1.807) is 18.2 Å². The summed E-state index contributed by atoms with van der Waals surface area (Å²) in [6.07, 6.45) is 2.88. The van der Waals surface area contributed by atoms with Crippen molar-refractivity contribution in [2.75, 3.05) is 0 Å². The zero-order valence-corrected chi connectivity index (χ0v) is 5.80. The van der Waals surface area contributed by atoms with Gasteiger partial charge in [-0.2, -0.15) is 5.26 Å². The maximum Gasteiger partial charge on any atom is 0.193 e. The lowest BCUT2D eigenvalue weighted by Gasteiger charge is -1.78. The average molecular weight is 154 g/mol. The minimum Gasteiger partial charge on any atom is -0.445 e. The minimum absolute atomic E-state index is 0.331.